The Kier molecular flexibility index (Phi) is 12.8. The van der Waals surface area contributed by atoms with E-state index in [2.05, 4.69) is 66.9 Å². The number of aromatic amines is 1. The van der Waals surface area contributed by atoms with E-state index in [-0.39, 0.29) is 0 Å². The van der Waals surface area contributed by atoms with Crippen molar-refractivity contribution in [3.63, 3.8) is 0 Å². The molecule has 1 aliphatic carbocycles. The maximum atomic E-state index is 12.4. The van der Waals surface area contributed by atoms with Crippen LogP contribution in [0.25, 0.3) is 11.6 Å². The second-order valence-electron chi connectivity index (χ2n) is 10.9. The molecule has 0 radical (unpaired) electrons. The number of hydrogen-bond donors (Lipinski definition) is 2. The number of Topliss-reactive ketones (excluding diaryl/α,β-unsaturated/α-hetero) is 1. The van der Waals surface area contributed by atoms with Gasteiger partial charge in [-0.15, -0.1) is 11.8 Å². The van der Waals surface area contributed by atoms with Crippen LogP contribution in [0, 0.1) is 16.7 Å². The third-order valence-electron chi connectivity index (χ3n) is 8.01. The normalized spacial score (nSPS) is 19.0. The molecule has 0 aromatic carbocycles. The predicted molar refractivity (Wildman–Crippen MR) is 162 cm³/mol. The van der Waals surface area contributed by atoms with E-state index in [0.717, 1.165) is 38.5 Å². The first-order chi connectivity index (χ1) is 18.1. The number of unbranched alkanes of at least 4 members (excludes halogenated alkanes) is 1. The highest BCUT2D eigenvalue weighted by molar-refractivity contribution is 8.05. The topological polar surface area (TPSA) is 56.7 Å². The van der Waals surface area contributed by atoms with Crippen molar-refractivity contribution in [2.24, 2.45) is 11.3 Å². The van der Waals surface area contributed by atoms with Crippen LogP contribution in [0.5, 0.6) is 0 Å². The van der Waals surface area contributed by atoms with Gasteiger partial charge in [0.1, 0.15) is 5.78 Å². The fourth-order valence-electron chi connectivity index (χ4n) is 5.67. The average molecular weight is 521 g/mol. The minimum atomic E-state index is 0.331. The molecule has 3 rings (SSSR count). The van der Waals surface area contributed by atoms with Crippen LogP contribution < -0.4 is 10.6 Å². The zero-order chi connectivity index (χ0) is 26.3. The van der Waals surface area contributed by atoms with Crippen LogP contribution in [0.15, 0.2) is 46.9 Å². The third kappa shape index (κ3) is 9.96. The van der Waals surface area contributed by atoms with Crippen LogP contribution in [0.3, 0.4) is 0 Å². The summed E-state index contributed by atoms with van der Waals surface area (Å²) in [7, 11) is 0. The second kappa shape index (κ2) is 16.0. The first-order valence-electron chi connectivity index (χ1n) is 14.6. The van der Waals surface area contributed by atoms with E-state index in [0.29, 0.717) is 30.0 Å². The van der Waals surface area contributed by atoms with Crippen LogP contribution in [0.2, 0.25) is 0 Å². The van der Waals surface area contributed by atoms with Gasteiger partial charge in [0.05, 0.1) is 0 Å². The van der Waals surface area contributed by atoms with Gasteiger partial charge in [-0.05, 0) is 117 Å². The number of rotatable bonds is 17. The van der Waals surface area contributed by atoms with Crippen molar-refractivity contribution in [2.45, 2.75) is 110 Å². The molecule has 202 valence electrons. The molecule has 1 aliphatic heterocycles. The highest BCUT2D eigenvalue weighted by Gasteiger charge is 2.40. The average Bonchev–Trinajstić information content (AvgIpc) is 3.58. The molecule has 2 aliphatic rings. The summed E-state index contributed by atoms with van der Waals surface area (Å²) in [5.74, 6) is 0.956. The van der Waals surface area contributed by atoms with E-state index < -0.39 is 0 Å². The maximum absolute atomic E-state index is 12.4. The molecule has 0 bridgehead atoms. The Morgan fingerprint density at radius 2 is 2.08 bits per heavy atom. The van der Waals surface area contributed by atoms with E-state index in [1.165, 1.54) is 60.4 Å². The van der Waals surface area contributed by atoms with Crippen molar-refractivity contribution in [3.8, 4) is 0 Å². The highest BCUT2D eigenvalue weighted by Crippen LogP contribution is 2.53. The summed E-state index contributed by atoms with van der Waals surface area (Å²) in [4.78, 5) is 17.1. The lowest BCUT2D eigenvalue weighted by atomic mass is 9.83. The fraction of sp³-hybridized carbons (Fsp3) is 0.576. The van der Waals surface area contributed by atoms with Gasteiger partial charge in [0.15, 0.2) is 0 Å². The molecule has 2 N–H and O–H groups in total. The van der Waals surface area contributed by atoms with Gasteiger partial charge >= 0.3 is 0 Å². The molecule has 1 aromatic rings. The first-order valence-corrected chi connectivity index (χ1v) is 15.5. The van der Waals surface area contributed by atoms with E-state index >= 15 is 0 Å². The molecule has 37 heavy (non-hydrogen) atoms. The van der Waals surface area contributed by atoms with Gasteiger partial charge in [0, 0.05) is 24.4 Å². The van der Waals surface area contributed by atoms with Crippen LogP contribution in [-0.2, 0) is 4.79 Å². The number of nitrogens with one attached hydrogen (secondary N) is 2. The van der Waals surface area contributed by atoms with Crippen LogP contribution in [0.4, 0.5) is 0 Å². The van der Waals surface area contributed by atoms with Gasteiger partial charge in [-0.2, -0.15) is 0 Å². The minimum Gasteiger partial charge on any atom is -0.361 e. The lowest BCUT2D eigenvalue weighted by Crippen LogP contribution is -2.27. The quantitative estimate of drug-likeness (QED) is 0.123. The maximum Gasteiger partial charge on any atom is 0.141 e. The van der Waals surface area contributed by atoms with E-state index in [4.69, 9.17) is 5.41 Å². The first kappa shape index (κ1) is 29.5. The molecule has 1 unspecified atom stereocenters. The summed E-state index contributed by atoms with van der Waals surface area (Å²) in [5.41, 5.74) is 2.08. The second-order valence-corrected chi connectivity index (χ2v) is 12.0. The Bertz CT molecular complexity index is 1070. The van der Waals surface area contributed by atoms with Gasteiger partial charge in [-0.3, -0.25) is 4.79 Å². The van der Waals surface area contributed by atoms with Gasteiger partial charge in [0.2, 0.25) is 0 Å². The number of H-pyrrole nitrogens is 1. The monoisotopic (exact) mass is 520 g/mol. The Balaban J connectivity index is 1.51. The summed E-state index contributed by atoms with van der Waals surface area (Å²) in [5, 5.41) is 12.2. The lowest BCUT2D eigenvalue weighted by Gasteiger charge is -2.22. The van der Waals surface area contributed by atoms with Crippen LogP contribution >= 0.6 is 11.8 Å². The van der Waals surface area contributed by atoms with Crippen molar-refractivity contribution < 1.29 is 4.79 Å². The molecule has 2 heterocycles. The molecular formula is C33H48N2OS. The van der Waals surface area contributed by atoms with Crippen LogP contribution in [-0.4, -0.2) is 17.0 Å². The molecular weight excluding hydrogens is 472 g/mol. The molecule has 3 nitrogen and oxygen atoms in total. The van der Waals surface area contributed by atoms with Gasteiger partial charge in [-0.1, -0.05) is 55.7 Å². The molecule has 0 saturated heterocycles. The van der Waals surface area contributed by atoms with Crippen LogP contribution in [0.1, 0.15) is 110 Å². The Morgan fingerprint density at radius 3 is 2.84 bits per heavy atom. The highest BCUT2D eigenvalue weighted by atomic mass is 32.2. The molecule has 1 fully saturated rings. The predicted octanol–water partition coefficient (Wildman–Crippen LogP) is 8.37. The zero-order valence-electron chi connectivity index (χ0n) is 23.2. The number of thioether (sulfide) groups is 1. The van der Waals surface area contributed by atoms with E-state index in [1.807, 2.05) is 0 Å². The Labute approximate surface area is 229 Å². The summed E-state index contributed by atoms with van der Waals surface area (Å²) >= 11 is 1.71. The number of carbonyl (C=O) groups is 1. The number of aromatic nitrogens is 1. The zero-order valence-corrected chi connectivity index (χ0v) is 24.0. The van der Waals surface area contributed by atoms with E-state index in [1.54, 1.807) is 23.5 Å². The van der Waals surface area contributed by atoms with Crippen molar-refractivity contribution >= 4 is 35.4 Å². The summed E-state index contributed by atoms with van der Waals surface area (Å²) in [6, 6.07) is 2.26. The molecule has 1 atom stereocenters. The lowest BCUT2D eigenvalue weighted by molar-refractivity contribution is -0.117. The molecule has 0 amide bonds. The number of hydrogen-bond acceptors (Lipinski definition) is 3. The van der Waals surface area contributed by atoms with Gasteiger partial charge < -0.3 is 10.4 Å². The fourth-order valence-corrected chi connectivity index (χ4v) is 6.54. The molecule has 1 saturated carbocycles. The summed E-state index contributed by atoms with van der Waals surface area (Å²) in [6.45, 7) is 4.42. The molecule has 0 spiro atoms. The standard InChI is InChI=1S/C33H48N2OS/c1-3-13-27(30(17-8-10-23-34)31-18-24-35-32(31)4-2)14-12-20-33(21-22-33)19-9-7-15-28(36)26-29-16-6-5-11-25-37-29/h4,7,9,11,16,18,23-25,27,34-35H,3,5-6,8,10,12-15,17,19-22,26H2,1-2H3. The van der Waals surface area contributed by atoms with Gasteiger partial charge in [0.25, 0.3) is 0 Å². The Hall–Kier alpha value is -2.07. The van der Waals surface area contributed by atoms with E-state index in [9.17, 15) is 4.79 Å². The van der Waals surface area contributed by atoms with Crippen molar-refractivity contribution in [1.29, 1.82) is 5.41 Å². The number of ketones is 1. The smallest absolute Gasteiger partial charge is 0.141 e. The van der Waals surface area contributed by atoms with Gasteiger partial charge in [-0.25, -0.2) is 0 Å². The van der Waals surface area contributed by atoms with Crippen molar-refractivity contribution in [1.82, 2.24) is 4.98 Å². The number of allylic oxidation sites excluding steroid dienone is 5. The Morgan fingerprint density at radius 1 is 1.22 bits per heavy atom. The van der Waals surface area contributed by atoms with Crippen molar-refractivity contribution in [3.05, 3.63) is 57.4 Å². The SMILES string of the molecule is CC=c1[nH]ccc1=C(CCCC=N)C(CCC)CCCC1(CC=CCC(=O)CC2=CCCC=CS2)CC1. The molecule has 1 aromatic heterocycles. The molecule has 4 heteroatoms. The minimum absolute atomic E-state index is 0.331. The third-order valence-corrected chi connectivity index (χ3v) is 8.95. The van der Waals surface area contributed by atoms with Crippen molar-refractivity contribution in [2.75, 3.05) is 0 Å². The summed E-state index contributed by atoms with van der Waals surface area (Å²) in [6.07, 6.45) is 31.0. The largest absolute Gasteiger partial charge is 0.361 e. The summed E-state index contributed by atoms with van der Waals surface area (Å²) < 4.78 is 0. The number of carbonyl (C=O) groups excluding carboxylic acids is 1.